The minimum absolute atomic E-state index is 0.128. The Bertz CT molecular complexity index is 1120. The molecule has 0 aliphatic carbocycles. The van der Waals surface area contributed by atoms with Gasteiger partial charge in [-0.2, -0.15) is 0 Å². The number of aliphatic carboxylic acids is 1. The maximum absolute atomic E-state index is 13.9. The van der Waals surface area contributed by atoms with Gasteiger partial charge in [-0.25, -0.2) is 8.78 Å². The molecule has 3 N–H and O–H groups in total. The monoisotopic (exact) mass is 424 g/mol. The van der Waals surface area contributed by atoms with Crippen LogP contribution < -0.4 is 5.32 Å². The largest absolute Gasteiger partial charge is 0.480 e. The number of carboxylic acids is 1. The topological polar surface area (TPSA) is 65.1 Å². The van der Waals surface area contributed by atoms with Gasteiger partial charge >= 0.3 is 5.97 Å². The van der Waals surface area contributed by atoms with Crippen molar-refractivity contribution in [1.82, 2.24) is 10.3 Å². The smallest absolute Gasteiger partial charge is 0.321 e. The van der Waals surface area contributed by atoms with Gasteiger partial charge in [-0.1, -0.05) is 36.2 Å². The number of carboxylic acid groups (broad SMARTS) is 1. The zero-order valence-corrected chi connectivity index (χ0v) is 16.3. The van der Waals surface area contributed by atoms with Gasteiger partial charge in [0.1, 0.15) is 6.04 Å². The van der Waals surface area contributed by atoms with Crippen LogP contribution in [0.1, 0.15) is 30.2 Å². The van der Waals surface area contributed by atoms with Crippen molar-refractivity contribution >= 4 is 40.1 Å². The Balaban J connectivity index is 2.05. The third-order valence-corrected chi connectivity index (χ3v) is 5.97. The third-order valence-electron chi connectivity index (χ3n) is 5.42. The first-order valence-corrected chi connectivity index (χ1v) is 9.48. The lowest BCUT2D eigenvalue weighted by Crippen LogP contribution is -2.56. The van der Waals surface area contributed by atoms with Crippen LogP contribution in [0.25, 0.3) is 10.9 Å². The second-order valence-corrected chi connectivity index (χ2v) is 7.76. The molecule has 3 aromatic rings. The zero-order valence-electron chi connectivity index (χ0n) is 14.7. The highest BCUT2D eigenvalue weighted by Gasteiger charge is 2.45. The summed E-state index contributed by atoms with van der Waals surface area (Å²) in [5, 5.41) is 14.2. The predicted octanol–water partition coefficient (Wildman–Crippen LogP) is 5.01. The number of fused-ring (bicyclic) bond motifs is 3. The van der Waals surface area contributed by atoms with E-state index >= 15 is 0 Å². The van der Waals surface area contributed by atoms with Gasteiger partial charge in [-0.15, -0.1) is 0 Å². The minimum atomic E-state index is -1.04. The van der Waals surface area contributed by atoms with E-state index in [1.807, 2.05) is 6.92 Å². The van der Waals surface area contributed by atoms with Crippen LogP contribution in [0.15, 0.2) is 30.3 Å². The average Bonchev–Trinajstić information content (AvgIpc) is 2.99. The summed E-state index contributed by atoms with van der Waals surface area (Å²) < 4.78 is 27.7. The van der Waals surface area contributed by atoms with E-state index in [9.17, 15) is 18.7 Å². The fraction of sp³-hybridized carbons (Fsp3) is 0.250. The summed E-state index contributed by atoms with van der Waals surface area (Å²) >= 11 is 12.5. The first-order chi connectivity index (χ1) is 13.3. The molecule has 1 aliphatic rings. The highest BCUT2D eigenvalue weighted by Crippen LogP contribution is 2.44. The van der Waals surface area contributed by atoms with Crippen molar-refractivity contribution in [1.29, 1.82) is 0 Å². The van der Waals surface area contributed by atoms with Crippen LogP contribution in [0.4, 0.5) is 8.78 Å². The van der Waals surface area contributed by atoms with Crippen LogP contribution in [0.3, 0.4) is 0 Å². The van der Waals surface area contributed by atoms with Crippen molar-refractivity contribution in [2.75, 3.05) is 0 Å². The van der Waals surface area contributed by atoms with Gasteiger partial charge in [0.2, 0.25) is 0 Å². The molecule has 1 aliphatic heterocycles. The van der Waals surface area contributed by atoms with Crippen molar-refractivity contribution in [2.45, 2.75) is 31.3 Å². The molecule has 0 radical (unpaired) electrons. The molecule has 1 aromatic heterocycles. The number of aromatic nitrogens is 1. The van der Waals surface area contributed by atoms with E-state index in [2.05, 4.69) is 10.3 Å². The number of rotatable bonds is 3. The molecule has 4 nitrogen and oxygen atoms in total. The van der Waals surface area contributed by atoms with E-state index in [0.717, 1.165) is 12.1 Å². The molecule has 4 rings (SSSR count). The molecule has 0 fully saturated rings. The first kappa shape index (κ1) is 19.2. The van der Waals surface area contributed by atoms with Gasteiger partial charge in [0.25, 0.3) is 0 Å². The molecule has 8 heteroatoms. The Morgan fingerprint density at radius 2 is 1.96 bits per heavy atom. The van der Waals surface area contributed by atoms with Crippen LogP contribution in [0.2, 0.25) is 10.0 Å². The number of aromatic amines is 1. The molecule has 2 aromatic carbocycles. The van der Waals surface area contributed by atoms with Gasteiger partial charge in [-0.05, 0) is 35.7 Å². The fourth-order valence-corrected chi connectivity index (χ4v) is 4.68. The van der Waals surface area contributed by atoms with Crippen LogP contribution in [0, 0.1) is 11.6 Å². The summed E-state index contributed by atoms with van der Waals surface area (Å²) in [6.07, 6.45) is 0.575. The van der Waals surface area contributed by atoms with Gasteiger partial charge in [0.05, 0.1) is 5.54 Å². The summed E-state index contributed by atoms with van der Waals surface area (Å²) in [6.45, 7) is 1.89. The molecule has 0 spiro atoms. The minimum Gasteiger partial charge on any atom is -0.480 e. The maximum Gasteiger partial charge on any atom is 0.321 e. The highest BCUT2D eigenvalue weighted by molar-refractivity contribution is 6.35. The number of H-pyrrole nitrogens is 1. The van der Waals surface area contributed by atoms with E-state index in [-0.39, 0.29) is 6.42 Å². The van der Waals surface area contributed by atoms with Crippen LogP contribution in [-0.2, 0) is 16.8 Å². The van der Waals surface area contributed by atoms with Crippen LogP contribution >= 0.6 is 23.2 Å². The van der Waals surface area contributed by atoms with E-state index in [0.29, 0.717) is 44.2 Å². The van der Waals surface area contributed by atoms with Crippen LogP contribution in [0.5, 0.6) is 0 Å². The second-order valence-electron chi connectivity index (χ2n) is 6.91. The number of nitrogens with one attached hydrogen (secondary N) is 2. The van der Waals surface area contributed by atoms with Crippen molar-refractivity contribution in [3.05, 3.63) is 68.8 Å². The van der Waals surface area contributed by atoms with Gasteiger partial charge in [-0.3, -0.25) is 10.1 Å². The fourth-order valence-electron chi connectivity index (χ4n) is 4.11. The SMILES string of the molecule is CC[C@@]1(c2ccc(Cl)cc2Cl)N[C@H](C(=O)O)Cc2c1[nH]c1cc(F)c(F)cc21. The molecule has 0 amide bonds. The van der Waals surface area contributed by atoms with Crippen molar-refractivity contribution in [2.24, 2.45) is 0 Å². The molecule has 28 heavy (non-hydrogen) atoms. The number of benzene rings is 2. The number of halogens is 4. The normalized spacial score (nSPS) is 21.7. The molecule has 0 bridgehead atoms. The summed E-state index contributed by atoms with van der Waals surface area (Å²) in [7, 11) is 0. The van der Waals surface area contributed by atoms with Gasteiger partial charge in [0.15, 0.2) is 11.6 Å². The van der Waals surface area contributed by atoms with E-state index < -0.39 is 29.2 Å². The Hall–Kier alpha value is -2.15. The summed E-state index contributed by atoms with van der Waals surface area (Å²) in [5.41, 5.74) is 1.34. The zero-order chi connectivity index (χ0) is 20.2. The number of carbonyl (C=O) groups is 1. The molecule has 146 valence electrons. The second kappa shape index (κ2) is 6.72. The highest BCUT2D eigenvalue weighted by atomic mass is 35.5. The average molecular weight is 425 g/mol. The number of hydrogen-bond donors (Lipinski definition) is 3. The molecular weight excluding hydrogens is 409 g/mol. The van der Waals surface area contributed by atoms with E-state index in [1.54, 1.807) is 18.2 Å². The van der Waals surface area contributed by atoms with Crippen molar-refractivity contribution in [3.8, 4) is 0 Å². The lowest BCUT2D eigenvalue weighted by molar-refractivity contribution is -0.140. The van der Waals surface area contributed by atoms with Gasteiger partial charge in [0, 0.05) is 39.1 Å². The van der Waals surface area contributed by atoms with Crippen molar-refractivity contribution < 1.29 is 18.7 Å². The van der Waals surface area contributed by atoms with Crippen LogP contribution in [-0.4, -0.2) is 22.1 Å². The van der Waals surface area contributed by atoms with E-state index in [1.165, 1.54) is 0 Å². The summed E-state index contributed by atoms with van der Waals surface area (Å²) in [5.74, 6) is -2.99. The third kappa shape index (κ3) is 2.79. The molecular formula is C20H16Cl2F2N2O2. The maximum atomic E-state index is 13.9. The molecule has 0 saturated carbocycles. The molecule has 0 saturated heterocycles. The number of hydrogen-bond acceptors (Lipinski definition) is 2. The van der Waals surface area contributed by atoms with Gasteiger partial charge < -0.3 is 10.1 Å². The Kier molecular flexibility index (Phi) is 4.61. The summed E-state index contributed by atoms with van der Waals surface area (Å²) in [4.78, 5) is 15.0. The Labute approximate surface area is 169 Å². The Morgan fingerprint density at radius 1 is 1.25 bits per heavy atom. The predicted molar refractivity (Wildman–Crippen MR) is 104 cm³/mol. The standard InChI is InChI=1S/C20H16Cl2F2N2O2/c1-2-20(12-4-3-9(21)5-13(12)22)18-11(7-17(26-20)19(27)28)10-6-14(23)15(24)8-16(10)25-18/h3-6,8,17,25-26H,2,7H2,1H3,(H,27,28)/t17-,20-/m0/s1. The molecule has 2 atom stereocenters. The Morgan fingerprint density at radius 3 is 2.61 bits per heavy atom. The molecule has 2 heterocycles. The first-order valence-electron chi connectivity index (χ1n) is 8.73. The molecule has 0 unspecified atom stereocenters. The summed E-state index contributed by atoms with van der Waals surface area (Å²) in [6, 6.07) is 6.27. The quantitative estimate of drug-likeness (QED) is 0.553. The lowest BCUT2D eigenvalue weighted by Gasteiger charge is -2.41. The lowest BCUT2D eigenvalue weighted by atomic mass is 9.77. The van der Waals surface area contributed by atoms with E-state index in [4.69, 9.17) is 23.2 Å². The van der Waals surface area contributed by atoms with Crippen molar-refractivity contribution in [3.63, 3.8) is 0 Å².